The van der Waals surface area contributed by atoms with Gasteiger partial charge in [0.05, 0.1) is 13.2 Å². The van der Waals surface area contributed by atoms with Crippen LogP contribution in [0.3, 0.4) is 0 Å². The van der Waals surface area contributed by atoms with Crippen LogP contribution >= 0.6 is 0 Å². The normalized spacial score (nSPS) is 20.4. The van der Waals surface area contributed by atoms with Crippen molar-refractivity contribution in [2.24, 2.45) is 5.41 Å². The third kappa shape index (κ3) is 3.26. The molecule has 0 amide bonds. The first-order chi connectivity index (χ1) is 9.44. The first-order valence-electron chi connectivity index (χ1n) is 7.54. The van der Waals surface area contributed by atoms with Crippen molar-refractivity contribution in [2.45, 2.75) is 46.1 Å². The Bertz CT molecular complexity index is 454. The monoisotopic (exact) mass is 277 g/mol. The molecule has 1 saturated heterocycles. The second-order valence-electron chi connectivity index (χ2n) is 6.57. The lowest BCUT2D eigenvalue weighted by molar-refractivity contribution is 0.194. The first-order valence-corrected chi connectivity index (χ1v) is 7.54. The van der Waals surface area contributed by atoms with Crippen LogP contribution in [0.2, 0.25) is 0 Å². The topological polar surface area (TPSA) is 32.7 Å². The zero-order valence-corrected chi connectivity index (χ0v) is 13.1. The van der Waals surface area contributed by atoms with Crippen LogP contribution in [0.4, 0.5) is 5.69 Å². The predicted molar refractivity (Wildman–Crippen MR) is 83.5 cm³/mol. The van der Waals surface area contributed by atoms with E-state index in [0.717, 1.165) is 30.1 Å². The highest BCUT2D eigenvalue weighted by molar-refractivity contribution is 5.60. The molecule has 1 aliphatic rings. The third-order valence-corrected chi connectivity index (χ3v) is 4.36. The molecule has 0 radical (unpaired) electrons. The number of anilines is 1. The van der Waals surface area contributed by atoms with E-state index >= 15 is 0 Å². The van der Waals surface area contributed by atoms with Crippen molar-refractivity contribution in [3.8, 4) is 5.75 Å². The molecular weight excluding hydrogens is 250 g/mol. The van der Waals surface area contributed by atoms with Crippen LogP contribution in [-0.2, 0) is 0 Å². The highest BCUT2D eigenvalue weighted by Gasteiger charge is 2.25. The second-order valence-corrected chi connectivity index (χ2v) is 6.57. The van der Waals surface area contributed by atoms with Gasteiger partial charge in [-0.15, -0.1) is 0 Å². The average molecular weight is 277 g/mol. The minimum Gasteiger partial charge on any atom is -0.496 e. The fourth-order valence-corrected chi connectivity index (χ4v) is 3.07. The lowest BCUT2D eigenvalue weighted by Gasteiger charge is -2.28. The van der Waals surface area contributed by atoms with Gasteiger partial charge in [0.1, 0.15) is 5.75 Å². The van der Waals surface area contributed by atoms with E-state index < -0.39 is 6.10 Å². The maximum atomic E-state index is 10.1. The van der Waals surface area contributed by atoms with E-state index in [2.05, 4.69) is 24.8 Å². The summed E-state index contributed by atoms with van der Waals surface area (Å²) in [4.78, 5) is 2.40. The van der Waals surface area contributed by atoms with Crippen molar-refractivity contribution in [1.82, 2.24) is 0 Å². The van der Waals surface area contributed by atoms with Crippen LogP contribution in [0, 0.1) is 5.41 Å². The second kappa shape index (κ2) is 6.04. The van der Waals surface area contributed by atoms with Gasteiger partial charge in [-0.05, 0) is 43.7 Å². The summed E-state index contributed by atoms with van der Waals surface area (Å²) in [5, 5.41) is 10.1. The number of aliphatic hydroxyl groups excluding tert-OH is 1. The van der Waals surface area contributed by atoms with Gasteiger partial charge in [-0.1, -0.05) is 19.9 Å². The summed E-state index contributed by atoms with van der Waals surface area (Å²) in [6.07, 6.45) is 3.13. The molecule has 0 aliphatic carbocycles. The first kappa shape index (κ1) is 15.2. The van der Waals surface area contributed by atoms with E-state index in [1.165, 1.54) is 19.3 Å². The van der Waals surface area contributed by atoms with E-state index in [1.807, 2.05) is 19.1 Å². The van der Waals surface area contributed by atoms with Crippen molar-refractivity contribution in [3.63, 3.8) is 0 Å². The number of nitrogens with zero attached hydrogens (tertiary/aromatic N) is 1. The molecule has 3 heteroatoms. The summed E-state index contributed by atoms with van der Waals surface area (Å²) >= 11 is 0. The fraction of sp³-hybridized carbons (Fsp3) is 0.647. The lowest BCUT2D eigenvalue weighted by atomic mass is 9.85. The van der Waals surface area contributed by atoms with Gasteiger partial charge in [0.15, 0.2) is 0 Å². The molecule has 2 rings (SSSR count). The van der Waals surface area contributed by atoms with Crippen LogP contribution < -0.4 is 9.64 Å². The number of aliphatic hydroxyl groups is 1. The summed E-state index contributed by atoms with van der Waals surface area (Å²) in [6, 6.07) is 6.03. The molecule has 1 aliphatic heterocycles. The Morgan fingerprint density at radius 3 is 2.65 bits per heavy atom. The minimum absolute atomic E-state index is 0.415. The summed E-state index contributed by atoms with van der Waals surface area (Å²) in [6.45, 7) is 8.59. The molecule has 0 unspecified atom stereocenters. The highest BCUT2D eigenvalue weighted by Crippen LogP contribution is 2.37. The number of hydrogen-bond acceptors (Lipinski definition) is 3. The van der Waals surface area contributed by atoms with Gasteiger partial charge in [0.25, 0.3) is 0 Å². The summed E-state index contributed by atoms with van der Waals surface area (Å²) in [5.74, 6) is 0.779. The Hall–Kier alpha value is -1.22. The Morgan fingerprint density at radius 1 is 1.25 bits per heavy atom. The zero-order chi connectivity index (χ0) is 14.8. The molecule has 0 spiro atoms. The Morgan fingerprint density at radius 2 is 2.00 bits per heavy atom. The van der Waals surface area contributed by atoms with Crippen LogP contribution in [0.5, 0.6) is 5.75 Å². The van der Waals surface area contributed by atoms with Gasteiger partial charge in [0.2, 0.25) is 0 Å². The molecule has 112 valence electrons. The van der Waals surface area contributed by atoms with Gasteiger partial charge in [-0.2, -0.15) is 0 Å². The Balaban J connectivity index is 2.32. The molecule has 1 N–H and O–H groups in total. The van der Waals surface area contributed by atoms with E-state index in [-0.39, 0.29) is 0 Å². The SMILES string of the molecule is COc1cccc(N2CCCC(C)(C)CC2)c1[C@@H](C)O. The molecule has 0 bridgehead atoms. The molecule has 1 aromatic carbocycles. The lowest BCUT2D eigenvalue weighted by Crippen LogP contribution is -2.26. The highest BCUT2D eigenvalue weighted by atomic mass is 16.5. The Kier molecular flexibility index (Phi) is 4.59. The standard InChI is InChI=1S/C17H27NO2/c1-13(19)16-14(7-5-8-15(16)20-4)18-11-6-9-17(2,3)10-12-18/h5,7-8,13,19H,6,9-12H2,1-4H3/t13-/m1/s1. The van der Waals surface area contributed by atoms with Crippen LogP contribution in [0.15, 0.2) is 18.2 Å². The molecule has 1 heterocycles. The van der Waals surface area contributed by atoms with Crippen molar-refractivity contribution in [2.75, 3.05) is 25.1 Å². The van der Waals surface area contributed by atoms with Gasteiger partial charge < -0.3 is 14.7 Å². The molecule has 0 saturated carbocycles. The number of hydrogen-bond donors (Lipinski definition) is 1. The van der Waals surface area contributed by atoms with E-state index in [1.54, 1.807) is 7.11 Å². The number of rotatable bonds is 3. The van der Waals surface area contributed by atoms with Crippen molar-refractivity contribution >= 4 is 5.69 Å². The van der Waals surface area contributed by atoms with Gasteiger partial charge in [-0.3, -0.25) is 0 Å². The van der Waals surface area contributed by atoms with E-state index in [9.17, 15) is 5.11 Å². The Labute approximate surface area is 122 Å². The van der Waals surface area contributed by atoms with Gasteiger partial charge in [0, 0.05) is 24.3 Å². The van der Waals surface area contributed by atoms with Gasteiger partial charge in [-0.25, -0.2) is 0 Å². The number of methoxy groups -OCH3 is 1. The molecule has 20 heavy (non-hydrogen) atoms. The van der Waals surface area contributed by atoms with Crippen LogP contribution in [0.1, 0.15) is 51.7 Å². The minimum atomic E-state index is -0.516. The quantitative estimate of drug-likeness (QED) is 0.913. The fourth-order valence-electron chi connectivity index (χ4n) is 3.07. The smallest absolute Gasteiger partial charge is 0.126 e. The third-order valence-electron chi connectivity index (χ3n) is 4.36. The van der Waals surface area contributed by atoms with Crippen molar-refractivity contribution < 1.29 is 9.84 Å². The molecule has 1 atom stereocenters. The molecule has 0 aromatic heterocycles. The van der Waals surface area contributed by atoms with E-state index in [0.29, 0.717) is 5.41 Å². The van der Waals surface area contributed by atoms with Crippen LogP contribution in [-0.4, -0.2) is 25.3 Å². The molecule has 1 fully saturated rings. The number of ether oxygens (including phenoxy) is 1. The summed E-state index contributed by atoms with van der Waals surface area (Å²) in [5.41, 5.74) is 2.45. The van der Waals surface area contributed by atoms with E-state index in [4.69, 9.17) is 4.74 Å². The largest absolute Gasteiger partial charge is 0.496 e. The maximum Gasteiger partial charge on any atom is 0.126 e. The number of benzene rings is 1. The molecular formula is C17H27NO2. The summed E-state index contributed by atoms with van der Waals surface area (Å²) < 4.78 is 5.42. The predicted octanol–water partition coefficient (Wildman–Crippen LogP) is 3.77. The summed E-state index contributed by atoms with van der Waals surface area (Å²) in [7, 11) is 1.66. The molecule has 3 nitrogen and oxygen atoms in total. The van der Waals surface area contributed by atoms with Gasteiger partial charge >= 0.3 is 0 Å². The molecule has 1 aromatic rings. The van der Waals surface area contributed by atoms with Crippen molar-refractivity contribution in [3.05, 3.63) is 23.8 Å². The average Bonchev–Trinajstić information content (AvgIpc) is 2.58. The maximum absolute atomic E-state index is 10.1. The zero-order valence-electron chi connectivity index (χ0n) is 13.1. The van der Waals surface area contributed by atoms with Crippen molar-refractivity contribution in [1.29, 1.82) is 0 Å². The van der Waals surface area contributed by atoms with Crippen LogP contribution in [0.25, 0.3) is 0 Å².